The number of nitrogens with two attached hydrogens (primary N) is 2. The third kappa shape index (κ3) is 10.5. The van der Waals surface area contributed by atoms with E-state index in [0.717, 1.165) is 0 Å². The highest BCUT2D eigenvalue weighted by Gasteiger charge is 2.32. The van der Waals surface area contributed by atoms with Crippen LogP contribution in [0.3, 0.4) is 0 Å². The number of carboxylic acid groups (broad SMARTS) is 1. The van der Waals surface area contributed by atoms with E-state index in [1.807, 2.05) is 18.5 Å². The van der Waals surface area contributed by atoms with Crippen LogP contribution in [0.25, 0.3) is 0 Å². The molecular weight excluding hydrogens is 430 g/mol. The molecule has 5 unspecified atom stereocenters. The molecule has 0 radical (unpaired) electrons. The van der Waals surface area contributed by atoms with Crippen LogP contribution < -0.4 is 27.4 Å². The smallest absolute Gasteiger partial charge is 0.326 e. The van der Waals surface area contributed by atoms with Crippen molar-refractivity contribution in [3.05, 3.63) is 0 Å². The van der Waals surface area contributed by atoms with Gasteiger partial charge >= 0.3 is 5.97 Å². The molecule has 0 bridgehead atoms. The van der Waals surface area contributed by atoms with Gasteiger partial charge in [-0.3, -0.25) is 19.2 Å². The maximum atomic E-state index is 12.7. The lowest BCUT2D eigenvalue weighted by atomic mass is 9.97. The second kappa shape index (κ2) is 14.6. The van der Waals surface area contributed by atoms with Crippen LogP contribution >= 0.6 is 11.8 Å². The van der Waals surface area contributed by atoms with Gasteiger partial charge in [-0.15, -0.1) is 0 Å². The standard InChI is InChI=1S/C18H33N5O7S/c1-4-9(2)14(23-15(26)10(19)5-6-31-3)17(28)22-12(8-24)16(27)21-11(18(29)30)7-13(20)25/h9-12,14,24H,4-8,19H2,1-3H3,(H2,20,25)(H,21,27)(H,22,28)(H,23,26)(H,29,30). The fraction of sp³-hybridized carbons (Fsp3) is 0.722. The molecule has 4 amide bonds. The highest BCUT2D eigenvalue weighted by molar-refractivity contribution is 7.98. The molecule has 0 saturated carbocycles. The molecule has 0 aromatic rings. The molecule has 13 heteroatoms. The largest absolute Gasteiger partial charge is 0.480 e. The van der Waals surface area contributed by atoms with Crippen molar-refractivity contribution in [1.29, 1.82) is 0 Å². The van der Waals surface area contributed by atoms with E-state index in [4.69, 9.17) is 16.6 Å². The summed E-state index contributed by atoms with van der Waals surface area (Å²) < 4.78 is 0. The molecule has 0 rings (SSSR count). The van der Waals surface area contributed by atoms with Gasteiger partial charge in [-0.2, -0.15) is 11.8 Å². The van der Waals surface area contributed by atoms with Gasteiger partial charge in [-0.1, -0.05) is 20.3 Å². The Hall–Kier alpha value is -2.38. The lowest BCUT2D eigenvalue weighted by Gasteiger charge is -2.27. The third-order valence-electron chi connectivity index (χ3n) is 4.60. The van der Waals surface area contributed by atoms with Crippen LogP contribution in [0.2, 0.25) is 0 Å². The number of thioether (sulfide) groups is 1. The number of amides is 4. The molecule has 0 aliphatic heterocycles. The molecular formula is C18H33N5O7S. The quantitative estimate of drug-likeness (QED) is 0.137. The first-order chi connectivity index (χ1) is 14.5. The number of aliphatic carboxylic acids is 1. The minimum absolute atomic E-state index is 0.319. The molecule has 0 heterocycles. The Morgan fingerprint density at radius 2 is 1.58 bits per heavy atom. The van der Waals surface area contributed by atoms with Crippen LogP contribution in [0.1, 0.15) is 33.1 Å². The summed E-state index contributed by atoms with van der Waals surface area (Å²) in [7, 11) is 0. The summed E-state index contributed by atoms with van der Waals surface area (Å²) in [4.78, 5) is 59.5. The monoisotopic (exact) mass is 463 g/mol. The zero-order valence-electron chi connectivity index (χ0n) is 17.9. The second-order valence-corrected chi connectivity index (χ2v) is 8.06. The molecule has 0 aromatic carbocycles. The average molecular weight is 464 g/mol. The van der Waals surface area contributed by atoms with Crippen molar-refractivity contribution < 1.29 is 34.2 Å². The number of primary amides is 1. The maximum absolute atomic E-state index is 12.7. The van der Waals surface area contributed by atoms with E-state index < -0.39 is 66.8 Å². The van der Waals surface area contributed by atoms with Crippen molar-refractivity contribution in [2.75, 3.05) is 18.6 Å². The van der Waals surface area contributed by atoms with Crippen molar-refractivity contribution in [2.24, 2.45) is 17.4 Å². The number of nitrogens with one attached hydrogen (secondary N) is 3. The van der Waals surface area contributed by atoms with Gasteiger partial charge in [-0.05, 0) is 24.3 Å². The van der Waals surface area contributed by atoms with E-state index >= 15 is 0 Å². The van der Waals surface area contributed by atoms with Crippen molar-refractivity contribution in [2.45, 2.75) is 57.3 Å². The number of hydrogen-bond donors (Lipinski definition) is 7. The van der Waals surface area contributed by atoms with Gasteiger partial charge in [-0.25, -0.2) is 4.79 Å². The molecule has 0 saturated heterocycles. The van der Waals surface area contributed by atoms with Gasteiger partial charge in [0.05, 0.1) is 19.1 Å². The topological polar surface area (TPSA) is 214 Å². The van der Waals surface area contributed by atoms with Gasteiger partial charge in [0.1, 0.15) is 18.1 Å². The molecule has 5 atom stereocenters. The first-order valence-corrected chi connectivity index (χ1v) is 11.1. The van der Waals surface area contributed by atoms with Gasteiger partial charge < -0.3 is 37.6 Å². The van der Waals surface area contributed by atoms with Crippen LogP contribution in [0.15, 0.2) is 0 Å². The van der Waals surface area contributed by atoms with Crippen molar-refractivity contribution in [1.82, 2.24) is 16.0 Å². The molecule has 178 valence electrons. The Kier molecular flexibility index (Phi) is 13.5. The van der Waals surface area contributed by atoms with E-state index in [2.05, 4.69) is 10.6 Å². The summed E-state index contributed by atoms with van der Waals surface area (Å²) in [5.74, 6) is -4.38. The number of aliphatic hydroxyl groups excluding tert-OH is 1. The lowest BCUT2D eigenvalue weighted by Crippen LogP contribution is -2.59. The molecule has 31 heavy (non-hydrogen) atoms. The minimum atomic E-state index is -1.62. The highest BCUT2D eigenvalue weighted by atomic mass is 32.2. The molecule has 0 spiro atoms. The number of carbonyl (C=O) groups is 5. The predicted octanol–water partition coefficient (Wildman–Crippen LogP) is -2.48. The summed E-state index contributed by atoms with van der Waals surface area (Å²) in [5, 5.41) is 25.5. The summed E-state index contributed by atoms with van der Waals surface area (Å²) in [6.07, 6.45) is 2.15. The van der Waals surface area contributed by atoms with Gasteiger partial charge in [0.25, 0.3) is 0 Å². The van der Waals surface area contributed by atoms with Crippen molar-refractivity contribution >= 4 is 41.4 Å². The zero-order valence-corrected chi connectivity index (χ0v) is 18.7. The van der Waals surface area contributed by atoms with Gasteiger partial charge in [0.2, 0.25) is 23.6 Å². The lowest BCUT2D eigenvalue weighted by molar-refractivity contribution is -0.144. The number of hydrogen-bond acceptors (Lipinski definition) is 8. The number of aliphatic hydroxyl groups is 1. The Morgan fingerprint density at radius 1 is 1.00 bits per heavy atom. The van der Waals surface area contributed by atoms with E-state index in [0.29, 0.717) is 18.6 Å². The van der Waals surface area contributed by atoms with Crippen LogP contribution in [0, 0.1) is 5.92 Å². The number of carboxylic acids is 1. The molecule has 0 aliphatic carbocycles. The molecule has 0 fully saturated rings. The predicted molar refractivity (Wildman–Crippen MR) is 115 cm³/mol. The number of rotatable bonds is 15. The Morgan fingerprint density at radius 3 is 2.03 bits per heavy atom. The summed E-state index contributed by atoms with van der Waals surface area (Å²) in [6.45, 7) is 2.69. The minimum Gasteiger partial charge on any atom is -0.480 e. The van der Waals surface area contributed by atoms with Gasteiger partial charge in [0.15, 0.2) is 0 Å². The molecule has 0 aromatic heterocycles. The van der Waals surface area contributed by atoms with E-state index in [9.17, 15) is 29.1 Å². The Balaban J connectivity index is 5.26. The van der Waals surface area contributed by atoms with Crippen LogP contribution in [-0.4, -0.2) is 82.6 Å². The Bertz CT molecular complexity index is 649. The maximum Gasteiger partial charge on any atom is 0.326 e. The van der Waals surface area contributed by atoms with Crippen LogP contribution in [0.5, 0.6) is 0 Å². The first kappa shape index (κ1) is 28.6. The third-order valence-corrected chi connectivity index (χ3v) is 5.24. The average Bonchev–Trinajstić information content (AvgIpc) is 2.71. The van der Waals surface area contributed by atoms with Crippen LogP contribution in [0.4, 0.5) is 0 Å². The fourth-order valence-electron chi connectivity index (χ4n) is 2.47. The SMILES string of the molecule is CCC(C)C(NC(=O)C(N)CCSC)C(=O)NC(CO)C(=O)NC(CC(N)=O)C(=O)O. The summed E-state index contributed by atoms with van der Waals surface area (Å²) in [6, 6.07) is -4.96. The van der Waals surface area contributed by atoms with E-state index in [-0.39, 0.29) is 5.92 Å². The van der Waals surface area contributed by atoms with E-state index in [1.54, 1.807) is 6.92 Å². The fourth-order valence-corrected chi connectivity index (χ4v) is 2.96. The highest BCUT2D eigenvalue weighted by Crippen LogP contribution is 2.10. The zero-order chi connectivity index (χ0) is 24.1. The number of carbonyl (C=O) groups excluding carboxylic acids is 4. The van der Waals surface area contributed by atoms with E-state index in [1.165, 1.54) is 11.8 Å². The molecule has 12 nitrogen and oxygen atoms in total. The Labute approximate surface area is 185 Å². The molecule has 9 N–H and O–H groups in total. The normalized spacial score (nSPS) is 15.6. The summed E-state index contributed by atoms with van der Waals surface area (Å²) >= 11 is 1.53. The summed E-state index contributed by atoms with van der Waals surface area (Å²) in [5.41, 5.74) is 10.8. The second-order valence-electron chi connectivity index (χ2n) is 7.07. The first-order valence-electron chi connectivity index (χ1n) is 9.75. The van der Waals surface area contributed by atoms with Crippen molar-refractivity contribution in [3.63, 3.8) is 0 Å². The molecule has 0 aliphatic rings. The van der Waals surface area contributed by atoms with Gasteiger partial charge in [0, 0.05) is 0 Å². The van der Waals surface area contributed by atoms with Crippen LogP contribution in [-0.2, 0) is 24.0 Å². The van der Waals surface area contributed by atoms with Crippen molar-refractivity contribution in [3.8, 4) is 0 Å².